The van der Waals surface area contributed by atoms with Crippen molar-refractivity contribution in [3.63, 3.8) is 0 Å². The lowest BCUT2D eigenvalue weighted by atomic mass is 10.2. The molecule has 23 heavy (non-hydrogen) atoms. The molecule has 0 atom stereocenters. The molecule has 0 aliphatic carbocycles. The van der Waals surface area contributed by atoms with Crippen LogP contribution in [0.5, 0.6) is 5.75 Å². The Hall–Kier alpha value is -2.28. The van der Waals surface area contributed by atoms with Gasteiger partial charge in [0.1, 0.15) is 5.75 Å². The molecule has 0 fully saturated rings. The minimum atomic E-state index is -0.261. The predicted molar refractivity (Wildman–Crippen MR) is 85.4 cm³/mol. The first kappa shape index (κ1) is 17.1. The average Bonchev–Trinajstić information content (AvgIpc) is 2.93. The summed E-state index contributed by atoms with van der Waals surface area (Å²) < 4.78 is 10.8. The second kappa shape index (κ2) is 7.82. The molecule has 7 nitrogen and oxygen atoms in total. The van der Waals surface area contributed by atoms with Crippen molar-refractivity contribution in [1.82, 2.24) is 20.4 Å². The number of benzene rings is 1. The molecule has 2 rings (SSSR count). The van der Waals surface area contributed by atoms with Crippen LogP contribution in [-0.2, 0) is 13.1 Å². The highest BCUT2D eigenvalue weighted by Gasteiger charge is 2.13. The van der Waals surface area contributed by atoms with E-state index in [1.807, 2.05) is 6.92 Å². The van der Waals surface area contributed by atoms with Gasteiger partial charge in [-0.2, -0.15) is 0 Å². The largest absolute Gasteiger partial charge is 0.494 e. The normalized spacial score (nSPS) is 10.4. The van der Waals surface area contributed by atoms with Crippen molar-refractivity contribution in [2.75, 3.05) is 13.7 Å². The monoisotopic (exact) mass is 338 g/mol. The van der Waals surface area contributed by atoms with Gasteiger partial charge < -0.3 is 19.4 Å². The number of amides is 2. The molecular weight excluding hydrogens is 320 g/mol. The standard InChI is InChI=1S/C15H19ClN4O3/c1-4-22-13-6-5-12(16)7-11(13)9-20(3)15(21)17-8-14-19-18-10(2)23-14/h5-7H,4,8-9H2,1-3H3,(H,17,21). The van der Waals surface area contributed by atoms with Crippen LogP contribution in [0.3, 0.4) is 0 Å². The lowest BCUT2D eigenvalue weighted by molar-refractivity contribution is 0.204. The Bertz CT molecular complexity index is 674. The highest BCUT2D eigenvalue weighted by atomic mass is 35.5. The third kappa shape index (κ3) is 4.85. The van der Waals surface area contributed by atoms with Crippen molar-refractivity contribution >= 4 is 17.6 Å². The highest BCUT2D eigenvalue weighted by Crippen LogP contribution is 2.24. The number of nitrogens with zero attached hydrogens (tertiary/aromatic N) is 3. The minimum absolute atomic E-state index is 0.178. The Labute approximate surface area is 139 Å². The summed E-state index contributed by atoms with van der Waals surface area (Å²) in [5.41, 5.74) is 0.839. The second-order valence-corrected chi connectivity index (χ2v) is 5.35. The Morgan fingerprint density at radius 1 is 1.43 bits per heavy atom. The molecule has 0 unspecified atom stereocenters. The third-order valence-electron chi connectivity index (χ3n) is 3.04. The van der Waals surface area contributed by atoms with E-state index in [0.717, 1.165) is 5.56 Å². The summed E-state index contributed by atoms with van der Waals surface area (Å²) >= 11 is 6.02. The molecule has 0 bridgehead atoms. The molecule has 0 aliphatic rings. The van der Waals surface area contributed by atoms with Crippen molar-refractivity contribution in [3.05, 3.63) is 40.6 Å². The van der Waals surface area contributed by atoms with Crippen molar-refractivity contribution in [2.45, 2.75) is 26.9 Å². The molecule has 2 amide bonds. The molecule has 1 heterocycles. The third-order valence-corrected chi connectivity index (χ3v) is 3.27. The van der Waals surface area contributed by atoms with Gasteiger partial charge in [0, 0.05) is 24.6 Å². The van der Waals surface area contributed by atoms with Gasteiger partial charge in [-0.05, 0) is 25.1 Å². The summed E-state index contributed by atoms with van der Waals surface area (Å²) in [5, 5.41) is 10.8. The maximum absolute atomic E-state index is 12.1. The maximum atomic E-state index is 12.1. The molecule has 0 saturated carbocycles. The number of hydrogen-bond donors (Lipinski definition) is 1. The van der Waals surface area contributed by atoms with Gasteiger partial charge in [-0.25, -0.2) is 4.79 Å². The van der Waals surface area contributed by atoms with Crippen LogP contribution in [0, 0.1) is 6.92 Å². The SMILES string of the molecule is CCOc1ccc(Cl)cc1CN(C)C(=O)NCc1nnc(C)o1. The lowest BCUT2D eigenvalue weighted by Crippen LogP contribution is -2.36. The molecule has 0 aliphatic heterocycles. The second-order valence-electron chi connectivity index (χ2n) is 4.91. The Balaban J connectivity index is 1.96. The van der Waals surface area contributed by atoms with E-state index >= 15 is 0 Å². The quantitative estimate of drug-likeness (QED) is 0.876. The van der Waals surface area contributed by atoms with E-state index in [9.17, 15) is 4.79 Å². The van der Waals surface area contributed by atoms with Gasteiger partial charge in [0.15, 0.2) is 0 Å². The highest BCUT2D eigenvalue weighted by molar-refractivity contribution is 6.30. The van der Waals surface area contributed by atoms with Gasteiger partial charge in [0.25, 0.3) is 0 Å². The van der Waals surface area contributed by atoms with Gasteiger partial charge >= 0.3 is 6.03 Å². The van der Waals surface area contributed by atoms with Crippen LogP contribution >= 0.6 is 11.6 Å². The van der Waals surface area contributed by atoms with Crippen LogP contribution in [0.4, 0.5) is 4.79 Å². The number of aryl methyl sites for hydroxylation is 1. The Morgan fingerprint density at radius 2 is 2.22 bits per heavy atom. The molecule has 124 valence electrons. The fourth-order valence-corrected chi connectivity index (χ4v) is 2.19. The maximum Gasteiger partial charge on any atom is 0.317 e. The Morgan fingerprint density at radius 3 is 2.87 bits per heavy atom. The first-order valence-corrected chi connectivity index (χ1v) is 7.56. The number of ether oxygens (including phenoxy) is 1. The van der Waals surface area contributed by atoms with Crippen LogP contribution in [-0.4, -0.2) is 34.8 Å². The van der Waals surface area contributed by atoms with E-state index in [2.05, 4.69) is 15.5 Å². The van der Waals surface area contributed by atoms with Crippen LogP contribution in [0.15, 0.2) is 22.6 Å². The van der Waals surface area contributed by atoms with Crippen molar-refractivity contribution in [3.8, 4) is 5.75 Å². The van der Waals surface area contributed by atoms with E-state index in [1.165, 1.54) is 4.90 Å². The van der Waals surface area contributed by atoms with E-state index < -0.39 is 0 Å². The zero-order chi connectivity index (χ0) is 16.8. The number of carbonyl (C=O) groups excluding carboxylic acids is 1. The Kier molecular flexibility index (Phi) is 5.81. The zero-order valence-electron chi connectivity index (χ0n) is 13.3. The van der Waals surface area contributed by atoms with Gasteiger partial charge in [-0.1, -0.05) is 11.6 Å². The topological polar surface area (TPSA) is 80.5 Å². The molecule has 0 saturated heterocycles. The van der Waals surface area contributed by atoms with Crippen molar-refractivity contribution in [2.24, 2.45) is 0 Å². The van der Waals surface area contributed by atoms with Gasteiger partial charge in [-0.3, -0.25) is 0 Å². The van der Waals surface area contributed by atoms with Crippen LogP contribution in [0.2, 0.25) is 5.02 Å². The minimum Gasteiger partial charge on any atom is -0.494 e. The number of urea groups is 1. The lowest BCUT2D eigenvalue weighted by Gasteiger charge is -2.19. The van der Waals surface area contributed by atoms with Crippen LogP contribution in [0.1, 0.15) is 24.3 Å². The first-order valence-electron chi connectivity index (χ1n) is 7.18. The molecule has 1 N–H and O–H groups in total. The number of halogens is 1. The first-order chi connectivity index (χ1) is 11.0. The average molecular weight is 339 g/mol. The number of rotatable bonds is 6. The summed E-state index contributed by atoms with van der Waals surface area (Å²) in [6.45, 7) is 4.68. The fourth-order valence-electron chi connectivity index (χ4n) is 1.99. The number of hydrogen-bond acceptors (Lipinski definition) is 5. The molecule has 8 heteroatoms. The summed E-state index contributed by atoms with van der Waals surface area (Å²) in [5.74, 6) is 1.54. The summed E-state index contributed by atoms with van der Waals surface area (Å²) in [6.07, 6.45) is 0. The molecular formula is C15H19ClN4O3. The molecule has 0 spiro atoms. The molecule has 2 aromatic rings. The fraction of sp³-hybridized carbons (Fsp3) is 0.400. The smallest absolute Gasteiger partial charge is 0.317 e. The predicted octanol–water partition coefficient (Wildman–Crippen LogP) is 2.77. The van der Waals surface area contributed by atoms with E-state index in [1.54, 1.807) is 32.2 Å². The molecule has 1 aromatic carbocycles. The van der Waals surface area contributed by atoms with Crippen LogP contribution < -0.4 is 10.1 Å². The summed E-state index contributed by atoms with van der Waals surface area (Å²) in [6, 6.07) is 5.09. The molecule has 0 radical (unpaired) electrons. The summed E-state index contributed by atoms with van der Waals surface area (Å²) in [7, 11) is 1.69. The van der Waals surface area contributed by atoms with E-state index in [-0.39, 0.29) is 12.6 Å². The molecule has 1 aromatic heterocycles. The van der Waals surface area contributed by atoms with Gasteiger partial charge in [-0.15, -0.1) is 10.2 Å². The van der Waals surface area contributed by atoms with Gasteiger partial charge in [0.05, 0.1) is 19.7 Å². The number of aromatic nitrogens is 2. The van der Waals surface area contributed by atoms with Crippen molar-refractivity contribution in [1.29, 1.82) is 0 Å². The van der Waals surface area contributed by atoms with E-state index in [4.69, 9.17) is 20.8 Å². The zero-order valence-corrected chi connectivity index (χ0v) is 14.1. The number of nitrogens with one attached hydrogen (secondary N) is 1. The van der Waals surface area contributed by atoms with E-state index in [0.29, 0.717) is 35.7 Å². The van der Waals surface area contributed by atoms with Gasteiger partial charge in [0.2, 0.25) is 11.8 Å². The number of carbonyl (C=O) groups is 1. The summed E-state index contributed by atoms with van der Waals surface area (Å²) in [4.78, 5) is 13.7. The van der Waals surface area contributed by atoms with Crippen molar-refractivity contribution < 1.29 is 13.9 Å². The van der Waals surface area contributed by atoms with Crippen LogP contribution in [0.25, 0.3) is 0 Å².